The molecule has 1 atom stereocenters. The van der Waals surface area contributed by atoms with E-state index >= 15 is 0 Å². The van der Waals surface area contributed by atoms with Gasteiger partial charge in [-0.15, -0.1) is 0 Å². The summed E-state index contributed by atoms with van der Waals surface area (Å²) in [5.41, 5.74) is 0.00869. The molecule has 1 aliphatic rings. The van der Waals surface area contributed by atoms with Crippen LogP contribution in [0.25, 0.3) is 0 Å². The summed E-state index contributed by atoms with van der Waals surface area (Å²) in [5, 5.41) is 0. The Labute approximate surface area is 129 Å². The Morgan fingerprint density at radius 3 is 2.19 bits per heavy atom. The molecule has 0 aliphatic carbocycles. The van der Waals surface area contributed by atoms with E-state index in [1.54, 1.807) is 0 Å². The van der Waals surface area contributed by atoms with Gasteiger partial charge >= 0.3 is 5.97 Å². The van der Waals surface area contributed by atoms with Crippen LogP contribution in [0.1, 0.15) is 60.8 Å². The molecule has 4 nitrogen and oxygen atoms in total. The molecule has 1 heterocycles. The Morgan fingerprint density at radius 1 is 1.14 bits per heavy atom. The molecule has 0 bridgehead atoms. The fraction of sp³-hybridized carbons (Fsp3) is 0.941. The van der Waals surface area contributed by atoms with Crippen LogP contribution in [0.4, 0.5) is 0 Å². The van der Waals surface area contributed by atoms with E-state index in [4.69, 9.17) is 14.2 Å². The zero-order valence-electron chi connectivity index (χ0n) is 14.5. The van der Waals surface area contributed by atoms with Crippen LogP contribution in [0, 0.1) is 16.7 Å². The quantitative estimate of drug-likeness (QED) is 0.725. The Morgan fingerprint density at radius 2 is 1.71 bits per heavy atom. The molecule has 0 aromatic rings. The largest absolute Gasteiger partial charge is 0.465 e. The molecule has 124 valence electrons. The predicted molar refractivity (Wildman–Crippen MR) is 82.9 cm³/mol. The Kier molecular flexibility index (Phi) is 6.67. The Balaban J connectivity index is 2.45. The molecule has 0 amide bonds. The molecule has 0 aromatic heterocycles. The lowest BCUT2D eigenvalue weighted by molar-refractivity contribution is -0.189. The van der Waals surface area contributed by atoms with Crippen LogP contribution in [0.15, 0.2) is 0 Å². The van der Waals surface area contributed by atoms with E-state index in [0.29, 0.717) is 13.0 Å². The number of carbonyl (C=O) groups is 1. The van der Waals surface area contributed by atoms with Gasteiger partial charge in [0.1, 0.15) is 0 Å². The Bertz CT molecular complexity index is 319. The second-order valence-corrected chi connectivity index (χ2v) is 8.16. The van der Waals surface area contributed by atoms with Gasteiger partial charge in [-0.2, -0.15) is 0 Å². The minimum atomic E-state index is -0.220. The molecule has 0 aromatic carbocycles. The van der Waals surface area contributed by atoms with E-state index in [1.165, 1.54) is 0 Å². The monoisotopic (exact) mass is 300 g/mol. The highest BCUT2D eigenvalue weighted by Gasteiger charge is 2.35. The molecule has 0 spiro atoms. The number of ether oxygens (including phenoxy) is 3. The number of hydrogen-bond acceptors (Lipinski definition) is 4. The SMILES string of the molecule is CC(C)(C)CC(C(=O)OCCC1OCCCO1)C(C)(C)C. The van der Waals surface area contributed by atoms with Crippen LogP contribution >= 0.6 is 0 Å². The fourth-order valence-electron chi connectivity index (χ4n) is 2.42. The highest BCUT2D eigenvalue weighted by atomic mass is 16.7. The van der Waals surface area contributed by atoms with Gasteiger partial charge in [0.25, 0.3) is 0 Å². The second-order valence-electron chi connectivity index (χ2n) is 8.16. The lowest BCUT2D eigenvalue weighted by Crippen LogP contribution is -2.34. The molecular formula is C17H32O4. The van der Waals surface area contributed by atoms with E-state index in [9.17, 15) is 4.79 Å². The average Bonchev–Trinajstić information content (AvgIpc) is 2.35. The highest BCUT2D eigenvalue weighted by Crippen LogP contribution is 2.36. The van der Waals surface area contributed by atoms with Crippen molar-refractivity contribution in [2.24, 2.45) is 16.7 Å². The van der Waals surface area contributed by atoms with Gasteiger partial charge in [0, 0.05) is 6.42 Å². The molecule has 1 saturated heterocycles. The van der Waals surface area contributed by atoms with Gasteiger partial charge in [-0.05, 0) is 23.7 Å². The van der Waals surface area contributed by atoms with Crippen LogP contribution in [-0.4, -0.2) is 32.1 Å². The lowest BCUT2D eigenvalue weighted by Gasteiger charge is -2.34. The summed E-state index contributed by atoms with van der Waals surface area (Å²) in [4.78, 5) is 12.4. The predicted octanol–water partition coefficient (Wildman–Crippen LogP) is 3.78. The molecule has 1 rings (SSSR count). The average molecular weight is 300 g/mol. The third-order valence-electron chi connectivity index (χ3n) is 3.64. The first-order valence-corrected chi connectivity index (χ1v) is 7.99. The van der Waals surface area contributed by atoms with E-state index in [0.717, 1.165) is 26.1 Å². The zero-order valence-corrected chi connectivity index (χ0v) is 14.5. The minimum Gasteiger partial charge on any atom is -0.465 e. The maximum absolute atomic E-state index is 12.4. The van der Waals surface area contributed by atoms with Crippen LogP contribution in [-0.2, 0) is 19.0 Å². The maximum atomic E-state index is 12.4. The summed E-state index contributed by atoms with van der Waals surface area (Å²) in [6.07, 6.45) is 2.15. The molecule has 1 fully saturated rings. The summed E-state index contributed by atoms with van der Waals surface area (Å²) in [6.45, 7) is 14.6. The van der Waals surface area contributed by atoms with Crippen LogP contribution < -0.4 is 0 Å². The maximum Gasteiger partial charge on any atom is 0.309 e. The number of rotatable bonds is 5. The number of hydrogen-bond donors (Lipinski definition) is 0. The van der Waals surface area contributed by atoms with Crippen LogP contribution in [0.3, 0.4) is 0 Å². The molecule has 0 saturated carbocycles. The third-order valence-corrected chi connectivity index (χ3v) is 3.64. The van der Waals surface area contributed by atoms with Crippen molar-refractivity contribution < 1.29 is 19.0 Å². The van der Waals surface area contributed by atoms with E-state index < -0.39 is 0 Å². The summed E-state index contributed by atoms with van der Waals surface area (Å²) in [6, 6.07) is 0. The summed E-state index contributed by atoms with van der Waals surface area (Å²) < 4.78 is 16.4. The minimum absolute atomic E-state index is 0.0920. The van der Waals surface area contributed by atoms with E-state index in [2.05, 4.69) is 41.5 Å². The van der Waals surface area contributed by atoms with Crippen molar-refractivity contribution in [1.82, 2.24) is 0 Å². The molecule has 0 N–H and O–H groups in total. The summed E-state index contributed by atoms with van der Waals surface area (Å²) >= 11 is 0. The normalized spacial score (nSPS) is 19.3. The fourth-order valence-corrected chi connectivity index (χ4v) is 2.42. The van der Waals surface area contributed by atoms with Gasteiger partial charge < -0.3 is 14.2 Å². The number of carbonyl (C=O) groups excluding carboxylic acids is 1. The topological polar surface area (TPSA) is 44.8 Å². The second kappa shape index (κ2) is 7.59. The van der Waals surface area contributed by atoms with Crippen LogP contribution in [0.2, 0.25) is 0 Å². The van der Waals surface area contributed by atoms with Gasteiger partial charge in [-0.25, -0.2) is 0 Å². The molecule has 4 heteroatoms. The van der Waals surface area contributed by atoms with Gasteiger partial charge in [-0.3, -0.25) is 4.79 Å². The van der Waals surface area contributed by atoms with Crippen molar-refractivity contribution in [3.63, 3.8) is 0 Å². The first-order chi connectivity index (χ1) is 9.59. The van der Waals surface area contributed by atoms with Gasteiger partial charge in [-0.1, -0.05) is 41.5 Å². The smallest absolute Gasteiger partial charge is 0.309 e. The molecule has 1 unspecified atom stereocenters. The van der Waals surface area contributed by atoms with Gasteiger partial charge in [0.05, 0.1) is 25.7 Å². The summed E-state index contributed by atoms with van der Waals surface area (Å²) in [7, 11) is 0. The van der Waals surface area contributed by atoms with Crippen molar-refractivity contribution in [3.05, 3.63) is 0 Å². The molecule has 21 heavy (non-hydrogen) atoms. The van der Waals surface area contributed by atoms with Gasteiger partial charge in [0.15, 0.2) is 6.29 Å². The highest BCUT2D eigenvalue weighted by molar-refractivity contribution is 5.73. The molecular weight excluding hydrogens is 268 g/mol. The van der Waals surface area contributed by atoms with Crippen molar-refractivity contribution >= 4 is 5.97 Å². The van der Waals surface area contributed by atoms with Crippen molar-refractivity contribution in [2.45, 2.75) is 67.1 Å². The first kappa shape index (κ1) is 18.4. The lowest BCUT2D eigenvalue weighted by atomic mass is 9.72. The van der Waals surface area contributed by atoms with Crippen molar-refractivity contribution in [3.8, 4) is 0 Å². The van der Waals surface area contributed by atoms with E-state index in [1.807, 2.05) is 0 Å². The molecule has 0 radical (unpaired) electrons. The van der Waals surface area contributed by atoms with Crippen LogP contribution in [0.5, 0.6) is 0 Å². The van der Waals surface area contributed by atoms with Crippen molar-refractivity contribution in [1.29, 1.82) is 0 Å². The third kappa shape index (κ3) is 7.28. The van der Waals surface area contributed by atoms with E-state index in [-0.39, 0.29) is 29.0 Å². The van der Waals surface area contributed by atoms with Gasteiger partial charge in [0.2, 0.25) is 0 Å². The summed E-state index contributed by atoms with van der Waals surface area (Å²) in [5.74, 6) is -0.195. The first-order valence-electron chi connectivity index (χ1n) is 7.99. The zero-order chi connectivity index (χ0) is 16.1. The standard InChI is InChI=1S/C17H32O4/c1-16(2,3)12-13(17(4,5)6)15(18)21-11-8-14-19-9-7-10-20-14/h13-14H,7-12H2,1-6H3. The van der Waals surface area contributed by atoms with Crippen molar-refractivity contribution in [2.75, 3.05) is 19.8 Å². The Hall–Kier alpha value is -0.610. The number of esters is 1. The molecule has 1 aliphatic heterocycles.